The number of phenols is 4. The Balaban J connectivity index is 1.81. The number of Topliss-reactive ketones (excluding diaryl/α,β-unsaturated/α-hetero) is 1. The maximum absolute atomic E-state index is 12.6. The first-order valence-electron chi connectivity index (χ1n) is 8.86. The summed E-state index contributed by atoms with van der Waals surface area (Å²) in [6.07, 6.45) is -2.28. The third kappa shape index (κ3) is 3.09. The number of hydrogen-bond donors (Lipinski definition) is 5. The van der Waals surface area contributed by atoms with Gasteiger partial charge in [-0.25, -0.2) is 0 Å². The van der Waals surface area contributed by atoms with Gasteiger partial charge in [-0.05, 0) is 35.9 Å². The Labute approximate surface area is 169 Å². The molecule has 2 atom stereocenters. The molecule has 5 N–H and O–H groups in total. The Bertz CT molecular complexity index is 1180. The van der Waals surface area contributed by atoms with Gasteiger partial charge in [0.15, 0.2) is 12.2 Å². The highest BCUT2D eigenvalue weighted by atomic mass is 16.5. The molecule has 0 amide bonds. The Morgan fingerprint density at radius 3 is 2.20 bits per heavy atom. The first kappa shape index (κ1) is 19.3. The van der Waals surface area contributed by atoms with Crippen LogP contribution in [-0.2, 0) is 0 Å². The van der Waals surface area contributed by atoms with Gasteiger partial charge in [0.25, 0.3) is 0 Å². The Morgan fingerprint density at radius 1 is 0.833 bits per heavy atom. The first-order chi connectivity index (χ1) is 14.3. The summed E-state index contributed by atoms with van der Waals surface area (Å²) in [5, 5.41) is 50.6. The number of aliphatic hydroxyl groups is 1. The molecule has 30 heavy (non-hydrogen) atoms. The zero-order valence-corrected chi connectivity index (χ0v) is 15.3. The molecule has 8 nitrogen and oxygen atoms in total. The van der Waals surface area contributed by atoms with Crippen LogP contribution in [0.4, 0.5) is 0 Å². The molecule has 0 fully saturated rings. The smallest absolute Gasteiger partial charge is 0.202 e. The molecule has 3 aromatic rings. The lowest BCUT2D eigenvalue weighted by Crippen LogP contribution is -2.36. The molecule has 1 heterocycles. The van der Waals surface area contributed by atoms with Gasteiger partial charge in [-0.1, -0.05) is 6.07 Å². The number of rotatable bonds is 3. The number of carbonyl (C=O) groups excluding carboxylic acids is 2. The molecule has 0 saturated carbocycles. The van der Waals surface area contributed by atoms with E-state index in [1.807, 2.05) is 0 Å². The molecule has 0 bridgehead atoms. The lowest BCUT2D eigenvalue weighted by Gasteiger charge is -2.30. The summed E-state index contributed by atoms with van der Waals surface area (Å²) in [4.78, 5) is 23.7. The number of hydrogen-bond acceptors (Lipinski definition) is 8. The highest BCUT2D eigenvalue weighted by Gasteiger charge is 2.39. The fourth-order valence-corrected chi connectivity index (χ4v) is 3.45. The van der Waals surface area contributed by atoms with Crippen molar-refractivity contribution in [2.24, 2.45) is 0 Å². The Morgan fingerprint density at radius 2 is 1.50 bits per heavy atom. The number of ketones is 1. The van der Waals surface area contributed by atoms with Crippen LogP contribution in [0.3, 0.4) is 0 Å². The average Bonchev–Trinajstić information content (AvgIpc) is 2.71. The van der Waals surface area contributed by atoms with Crippen molar-refractivity contribution in [3.63, 3.8) is 0 Å². The molecular weight excluding hydrogens is 392 g/mol. The topological polar surface area (TPSA) is 145 Å². The van der Waals surface area contributed by atoms with Crippen molar-refractivity contribution in [3.05, 3.63) is 65.2 Å². The molecule has 0 aliphatic carbocycles. The molecule has 4 rings (SSSR count). The lowest BCUT2D eigenvalue weighted by atomic mass is 9.90. The molecule has 152 valence electrons. The number of ether oxygens (including phenoxy) is 1. The molecule has 0 radical (unpaired) electrons. The normalized spacial score (nSPS) is 17.8. The maximum atomic E-state index is 12.6. The van der Waals surface area contributed by atoms with Gasteiger partial charge in [0.2, 0.25) is 5.78 Å². The highest BCUT2D eigenvalue weighted by Crippen LogP contribution is 2.44. The zero-order valence-electron chi connectivity index (χ0n) is 15.3. The predicted molar refractivity (Wildman–Crippen MR) is 104 cm³/mol. The molecule has 1 aliphatic rings. The number of benzene rings is 3. The van der Waals surface area contributed by atoms with Gasteiger partial charge in [-0.2, -0.15) is 0 Å². The average molecular weight is 408 g/mol. The zero-order chi connectivity index (χ0) is 21.6. The standard InChI is InChI=1S/C22H16O8/c23-9-10-1-3-15(25)13(5-10)14-6-11(2-4-16(14)26)22-21(29)20(28)19-17(27)7-12(24)8-18(19)30-22/h1-9,21-22,24-27,29H/t21-,22-/m1/s1. The van der Waals surface area contributed by atoms with Crippen molar-refractivity contribution >= 4 is 12.1 Å². The van der Waals surface area contributed by atoms with Crippen molar-refractivity contribution in [2.75, 3.05) is 0 Å². The van der Waals surface area contributed by atoms with E-state index in [1.54, 1.807) is 0 Å². The minimum Gasteiger partial charge on any atom is -0.508 e. The fourth-order valence-electron chi connectivity index (χ4n) is 3.45. The van der Waals surface area contributed by atoms with E-state index < -0.39 is 23.7 Å². The number of aliphatic hydroxyl groups excluding tert-OH is 1. The third-order valence-corrected chi connectivity index (χ3v) is 4.92. The molecular formula is C22H16O8. The second kappa shape index (κ2) is 7.09. The van der Waals surface area contributed by atoms with Crippen LogP contribution >= 0.6 is 0 Å². The van der Waals surface area contributed by atoms with Crippen LogP contribution in [0.15, 0.2) is 48.5 Å². The number of fused-ring (bicyclic) bond motifs is 1. The number of aldehydes is 1. The minimum atomic E-state index is -1.67. The summed E-state index contributed by atoms with van der Waals surface area (Å²) in [5.41, 5.74) is 0.643. The van der Waals surface area contributed by atoms with Gasteiger partial charge >= 0.3 is 0 Å². The predicted octanol–water partition coefficient (Wildman–Crippen LogP) is 2.67. The summed E-state index contributed by atoms with van der Waals surface area (Å²) >= 11 is 0. The van der Waals surface area contributed by atoms with Gasteiger partial charge in [0.05, 0.1) is 0 Å². The quantitative estimate of drug-likeness (QED) is 0.416. The van der Waals surface area contributed by atoms with Crippen molar-refractivity contribution in [3.8, 4) is 39.9 Å². The molecule has 8 heteroatoms. The van der Waals surface area contributed by atoms with Crippen LogP contribution in [0.5, 0.6) is 28.7 Å². The van der Waals surface area contributed by atoms with E-state index in [9.17, 15) is 35.1 Å². The summed E-state index contributed by atoms with van der Waals surface area (Å²) in [6.45, 7) is 0. The highest BCUT2D eigenvalue weighted by molar-refractivity contribution is 6.05. The van der Waals surface area contributed by atoms with E-state index in [0.29, 0.717) is 6.29 Å². The van der Waals surface area contributed by atoms with Crippen molar-refractivity contribution < 1.29 is 39.9 Å². The molecule has 1 aliphatic heterocycles. The van der Waals surface area contributed by atoms with Gasteiger partial charge in [-0.3, -0.25) is 9.59 Å². The second-order valence-corrected chi connectivity index (χ2v) is 6.86. The summed E-state index contributed by atoms with van der Waals surface area (Å²) in [6, 6.07) is 10.4. The van der Waals surface area contributed by atoms with Crippen molar-refractivity contribution in [2.45, 2.75) is 12.2 Å². The molecule has 0 spiro atoms. The van der Waals surface area contributed by atoms with Gasteiger partial charge in [-0.15, -0.1) is 0 Å². The van der Waals surface area contributed by atoms with Crippen molar-refractivity contribution in [1.82, 2.24) is 0 Å². The molecule has 0 saturated heterocycles. The van der Waals surface area contributed by atoms with Gasteiger partial charge < -0.3 is 30.3 Å². The van der Waals surface area contributed by atoms with Crippen LogP contribution in [0.25, 0.3) is 11.1 Å². The van der Waals surface area contributed by atoms with Gasteiger partial charge in [0, 0.05) is 28.8 Å². The Hall–Kier alpha value is -4.04. The first-order valence-corrected chi connectivity index (χ1v) is 8.86. The molecule has 3 aromatic carbocycles. The van der Waals surface area contributed by atoms with E-state index in [0.717, 1.165) is 12.1 Å². The minimum absolute atomic E-state index is 0.103. The Kier molecular flexibility index (Phi) is 4.56. The van der Waals surface area contributed by atoms with E-state index in [1.165, 1.54) is 36.4 Å². The van der Waals surface area contributed by atoms with Crippen LogP contribution in [-0.4, -0.2) is 43.7 Å². The van der Waals surface area contributed by atoms with Crippen LogP contribution in [0.1, 0.15) is 32.4 Å². The number of carbonyl (C=O) groups is 2. The number of phenolic OH excluding ortho intramolecular Hbond substituents is 4. The third-order valence-electron chi connectivity index (χ3n) is 4.92. The number of aromatic hydroxyl groups is 4. The maximum Gasteiger partial charge on any atom is 0.202 e. The van der Waals surface area contributed by atoms with E-state index in [4.69, 9.17) is 4.74 Å². The summed E-state index contributed by atoms with van der Waals surface area (Å²) in [7, 11) is 0. The summed E-state index contributed by atoms with van der Waals surface area (Å²) in [5.74, 6) is -2.13. The van der Waals surface area contributed by atoms with Crippen LogP contribution in [0.2, 0.25) is 0 Å². The lowest BCUT2D eigenvalue weighted by molar-refractivity contribution is 0.0211. The molecule has 0 unspecified atom stereocenters. The van der Waals surface area contributed by atoms with Crippen LogP contribution in [0, 0.1) is 0 Å². The SMILES string of the molecule is O=Cc1ccc(O)c(-c2cc([C@H]3Oc4cc(O)cc(O)c4C(=O)[C@H]3O)ccc2O)c1. The molecule has 0 aromatic heterocycles. The van der Waals surface area contributed by atoms with E-state index in [2.05, 4.69) is 0 Å². The van der Waals surface area contributed by atoms with Crippen molar-refractivity contribution in [1.29, 1.82) is 0 Å². The summed E-state index contributed by atoms with van der Waals surface area (Å²) < 4.78 is 5.68. The largest absolute Gasteiger partial charge is 0.508 e. The van der Waals surface area contributed by atoms with Gasteiger partial charge in [0.1, 0.15) is 40.6 Å². The van der Waals surface area contributed by atoms with Crippen LogP contribution < -0.4 is 4.74 Å². The second-order valence-electron chi connectivity index (χ2n) is 6.86. The fraction of sp³-hybridized carbons (Fsp3) is 0.0909. The van der Waals surface area contributed by atoms with E-state index >= 15 is 0 Å². The van der Waals surface area contributed by atoms with E-state index in [-0.39, 0.29) is 50.8 Å². The monoisotopic (exact) mass is 408 g/mol.